The standard InChI is InChI=1S/C12H15N3O2/c1-7-4-5-10(6-8(7)2)9(3)14-15-12(17)11(13)16/h4-6H,1-3H3,(H2,13,16)(H,15,17). The number of aryl methyl sites for hydroxylation is 2. The normalized spacial score (nSPS) is 11.1. The molecule has 5 heteroatoms. The van der Waals surface area contributed by atoms with Gasteiger partial charge in [-0.15, -0.1) is 0 Å². The van der Waals surface area contributed by atoms with Crippen molar-refractivity contribution in [1.29, 1.82) is 0 Å². The summed E-state index contributed by atoms with van der Waals surface area (Å²) in [6, 6.07) is 5.84. The van der Waals surface area contributed by atoms with Gasteiger partial charge in [0.15, 0.2) is 0 Å². The fourth-order valence-electron chi connectivity index (χ4n) is 1.22. The monoisotopic (exact) mass is 233 g/mol. The van der Waals surface area contributed by atoms with Crippen molar-refractivity contribution in [2.75, 3.05) is 0 Å². The van der Waals surface area contributed by atoms with Crippen molar-refractivity contribution in [2.45, 2.75) is 20.8 Å². The van der Waals surface area contributed by atoms with Crippen LogP contribution in [0.3, 0.4) is 0 Å². The molecule has 0 saturated carbocycles. The highest BCUT2D eigenvalue weighted by Gasteiger charge is 2.07. The van der Waals surface area contributed by atoms with Gasteiger partial charge in [-0.05, 0) is 43.5 Å². The third-order valence-electron chi connectivity index (χ3n) is 2.47. The summed E-state index contributed by atoms with van der Waals surface area (Å²) in [5, 5.41) is 3.80. The van der Waals surface area contributed by atoms with Crippen LogP contribution in [0.25, 0.3) is 0 Å². The third-order valence-corrected chi connectivity index (χ3v) is 2.47. The maximum Gasteiger partial charge on any atom is 0.329 e. The van der Waals surface area contributed by atoms with Crippen molar-refractivity contribution in [3.05, 3.63) is 34.9 Å². The zero-order chi connectivity index (χ0) is 13.0. The van der Waals surface area contributed by atoms with Crippen LogP contribution in [0.4, 0.5) is 0 Å². The molecule has 1 aromatic rings. The first-order chi connectivity index (χ1) is 7.91. The second-order valence-electron chi connectivity index (χ2n) is 3.80. The number of amides is 2. The van der Waals surface area contributed by atoms with Crippen LogP contribution in [-0.4, -0.2) is 17.5 Å². The van der Waals surface area contributed by atoms with E-state index in [2.05, 4.69) is 10.5 Å². The van der Waals surface area contributed by atoms with E-state index in [4.69, 9.17) is 5.73 Å². The van der Waals surface area contributed by atoms with Crippen LogP contribution in [0.2, 0.25) is 0 Å². The van der Waals surface area contributed by atoms with Gasteiger partial charge in [0, 0.05) is 0 Å². The largest absolute Gasteiger partial charge is 0.361 e. The first kappa shape index (κ1) is 12.9. The molecule has 1 aromatic carbocycles. The van der Waals surface area contributed by atoms with E-state index in [1.165, 1.54) is 5.56 Å². The quantitative estimate of drug-likeness (QED) is 0.446. The Balaban J connectivity index is 2.85. The minimum Gasteiger partial charge on any atom is -0.361 e. The smallest absolute Gasteiger partial charge is 0.329 e. The molecule has 0 aliphatic rings. The predicted molar refractivity (Wildman–Crippen MR) is 65.5 cm³/mol. The lowest BCUT2D eigenvalue weighted by molar-refractivity contribution is -0.137. The Hall–Kier alpha value is -2.17. The number of benzene rings is 1. The molecule has 1 rings (SSSR count). The fraction of sp³-hybridized carbons (Fsp3) is 0.250. The maximum absolute atomic E-state index is 10.9. The summed E-state index contributed by atoms with van der Waals surface area (Å²) in [6.07, 6.45) is 0. The summed E-state index contributed by atoms with van der Waals surface area (Å²) in [7, 11) is 0. The first-order valence-corrected chi connectivity index (χ1v) is 5.13. The molecule has 0 unspecified atom stereocenters. The van der Waals surface area contributed by atoms with Gasteiger partial charge in [0.1, 0.15) is 0 Å². The molecule has 0 aliphatic heterocycles. The molecule has 3 N–H and O–H groups in total. The van der Waals surface area contributed by atoms with Gasteiger partial charge >= 0.3 is 11.8 Å². The SMILES string of the molecule is CC(=NNC(=O)C(N)=O)c1ccc(C)c(C)c1. The Bertz CT molecular complexity index is 493. The lowest BCUT2D eigenvalue weighted by Crippen LogP contribution is -2.33. The summed E-state index contributed by atoms with van der Waals surface area (Å²) in [5.74, 6) is -1.98. The number of nitrogens with two attached hydrogens (primary N) is 1. The van der Waals surface area contributed by atoms with E-state index < -0.39 is 11.8 Å². The summed E-state index contributed by atoms with van der Waals surface area (Å²) < 4.78 is 0. The molecule has 0 bridgehead atoms. The number of hydrogen-bond donors (Lipinski definition) is 2. The van der Waals surface area contributed by atoms with E-state index >= 15 is 0 Å². The van der Waals surface area contributed by atoms with Crippen molar-refractivity contribution in [3.8, 4) is 0 Å². The highest BCUT2D eigenvalue weighted by Crippen LogP contribution is 2.10. The number of rotatable bonds is 2. The van der Waals surface area contributed by atoms with Crippen LogP contribution in [0.1, 0.15) is 23.6 Å². The van der Waals surface area contributed by atoms with Crippen LogP contribution < -0.4 is 11.2 Å². The van der Waals surface area contributed by atoms with Crippen molar-refractivity contribution in [1.82, 2.24) is 5.43 Å². The van der Waals surface area contributed by atoms with Gasteiger partial charge in [0.25, 0.3) is 0 Å². The van der Waals surface area contributed by atoms with Crippen LogP contribution in [0, 0.1) is 13.8 Å². The number of nitrogens with zero attached hydrogens (tertiary/aromatic N) is 1. The van der Waals surface area contributed by atoms with Gasteiger partial charge in [-0.25, -0.2) is 5.43 Å². The molecule has 0 spiro atoms. The fourth-order valence-corrected chi connectivity index (χ4v) is 1.22. The van der Waals surface area contributed by atoms with Gasteiger partial charge in [-0.3, -0.25) is 9.59 Å². The van der Waals surface area contributed by atoms with Crippen LogP contribution in [0.5, 0.6) is 0 Å². The first-order valence-electron chi connectivity index (χ1n) is 5.13. The Morgan fingerprint density at radius 1 is 1.24 bits per heavy atom. The second-order valence-corrected chi connectivity index (χ2v) is 3.80. The topological polar surface area (TPSA) is 84.6 Å². The second kappa shape index (κ2) is 5.25. The van der Waals surface area contributed by atoms with Crippen molar-refractivity contribution in [3.63, 3.8) is 0 Å². The molecule has 17 heavy (non-hydrogen) atoms. The third kappa shape index (κ3) is 3.41. The highest BCUT2D eigenvalue weighted by molar-refractivity contribution is 6.34. The van der Waals surface area contributed by atoms with Crippen LogP contribution in [0.15, 0.2) is 23.3 Å². The van der Waals surface area contributed by atoms with Gasteiger partial charge in [0.2, 0.25) is 0 Å². The summed E-state index contributed by atoms with van der Waals surface area (Å²) in [4.78, 5) is 21.4. The van der Waals surface area contributed by atoms with E-state index in [0.29, 0.717) is 5.71 Å². The van der Waals surface area contributed by atoms with Crippen molar-refractivity contribution >= 4 is 17.5 Å². The molecule has 0 radical (unpaired) electrons. The zero-order valence-electron chi connectivity index (χ0n) is 10.1. The zero-order valence-corrected chi connectivity index (χ0v) is 10.1. The van der Waals surface area contributed by atoms with Gasteiger partial charge in [0.05, 0.1) is 5.71 Å². The highest BCUT2D eigenvalue weighted by atomic mass is 16.2. The minimum atomic E-state index is -1.05. The molecule has 0 saturated heterocycles. The minimum absolute atomic E-state index is 0.614. The van der Waals surface area contributed by atoms with E-state index in [-0.39, 0.29) is 0 Å². The molecule has 2 amide bonds. The van der Waals surface area contributed by atoms with E-state index in [9.17, 15) is 9.59 Å². The summed E-state index contributed by atoms with van der Waals surface area (Å²) in [5.41, 5.74) is 10.7. The number of hydrogen-bond acceptors (Lipinski definition) is 3. The number of hydrazone groups is 1. The Kier molecular flexibility index (Phi) is 3.98. The lowest BCUT2D eigenvalue weighted by Gasteiger charge is -2.05. The average molecular weight is 233 g/mol. The molecule has 0 heterocycles. The molecule has 0 fully saturated rings. The van der Waals surface area contributed by atoms with Crippen LogP contribution >= 0.6 is 0 Å². The molecular formula is C12H15N3O2. The molecule has 0 aromatic heterocycles. The Morgan fingerprint density at radius 2 is 1.88 bits per heavy atom. The maximum atomic E-state index is 10.9. The predicted octanol–water partition coefficient (Wildman–Crippen LogP) is 0.629. The van der Waals surface area contributed by atoms with Crippen LogP contribution in [-0.2, 0) is 9.59 Å². The van der Waals surface area contributed by atoms with E-state index in [0.717, 1.165) is 11.1 Å². The lowest BCUT2D eigenvalue weighted by atomic mass is 10.0. The molecule has 0 atom stereocenters. The summed E-state index contributed by atoms with van der Waals surface area (Å²) >= 11 is 0. The van der Waals surface area contributed by atoms with Gasteiger partial charge in [-0.1, -0.05) is 12.1 Å². The molecular weight excluding hydrogens is 218 g/mol. The van der Waals surface area contributed by atoms with E-state index in [1.807, 2.05) is 32.0 Å². The number of primary amides is 1. The Labute approximate surface area is 99.7 Å². The van der Waals surface area contributed by atoms with Gasteiger partial charge < -0.3 is 5.73 Å². The number of carbonyl (C=O) groups excluding carboxylic acids is 2. The van der Waals surface area contributed by atoms with Crippen molar-refractivity contribution in [2.24, 2.45) is 10.8 Å². The Morgan fingerprint density at radius 3 is 2.41 bits per heavy atom. The average Bonchev–Trinajstić information content (AvgIpc) is 2.28. The molecule has 0 aliphatic carbocycles. The summed E-state index contributed by atoms with van der Waals surface area (Å²) in [6.45, 7) is 5.75. The van der Waals surface area contributed by atoms with Gasteiger partial charge in [-0.2, -0.15) is 5.10 Å². The van der Waals surface area contributed by atoms with Crippen molar-refractivity contribution < 1.29 is 9.59 Å². The molecule has 90 valence electrons. The molecule has 5 nitrogen and oxygen atoms in total. The number of nitrogens with one attached hydrogen (secondary N) is 1. The van der Waals surface area contributed by atoms with E-state index in [1.54, 1.807) is 6.92 Å². The number of carbonyl (C=O) groups is 2.